The molecule has 1 unspecified atom stereocenters. The first-order chi connectivity index (χ1) is 10.1. The van der Waals surface area contributed by atoms with Crippen LogP contribution in [-0.2, 0) is 4.74 Å². The van der Waals surface area contributed by atoms with E-state index in [-0.39, 0.29) is 0 Å². The summed E-state index contributed by atoms with van der Waals surface area (Å²) in [6, 6.07) is 0. The van der Waals surface area contributed by atoms with Gasteiger partial charge in [-0.05, 0) is 73.0 Å². The first kappa shape index (κ1) is 14.5. The minimum Gasteiger partial charge on any atom is -0.377 e. The lowest BCUT2D eigenvalue weighted by atomic mass is 9.46. The van der Waals surface area contributed by atoms with Crippen molar-refractivity contribution in [2.75, 3.05) is 6.61 Å². The summed E-state index contributed by atoms with van der Waals surface area (Å²) in [5, 5.41) is 0. The van der Waals surface area contributed by atoms with Crippen LogP contribution in [0.5, 0.6) is 0 Å². The van der Waals surface area contributed by atoms with Crippen LogP contribution in [0.1, 0.15) is 78.6 Å². The third-order valence-electron chi connectivity index (χ3n) is 8.60. The van der Waals surface area contributed by atoms with Crippen molar-refractivity contribution in [3.05, 3.63) is 0 Å². The molecule has 21 heavy (non-hydrogen) atoms. The quantitative estimate of drug-likeness (QED) is 0.625. The highest BCUT2D eigenvalue weighted by Crippen LogP contribution is 2.64. The predicted octanol–water partition coefficient (Wildman–Crippen LogP) is 5.43. The van der Waals surface area contributed by atoms with Gasteiger partial charge < -0.3 is 4.74 Å². The lowest BCUT2D eigenvalue weighted by Crippen LogP contribution is -2.55. The molecule has 3 saturated carbocycles. The third kappa shape index (κ3) is 1.92. The Balaban J connectivity index is 1.62. The maximum Gasteiger partial charge on any atom is 0.0663 e. The van der Waals surface area contributed by atoms with Crippen LogP contribution < -0.4 is 0 Å². The number of ether oxygens (including phenoxy) is 1. The minimum absolute atomic E-state index is 0.494. The van der Waals surface area contributed by atoms with Crippen LogP contribution in [0.2, 0.25) is 0 Å². The third-order valence-corrected chi connectivity index (χ3v) is 8.60. The molecule has 0 spiro atoms. The van der Waals surface area contributed by atoms with Crippen molar-refractivity contribution >= 4 is 0 Å². The second-order valence-corrected chi connectivity index (χ2v) is 9.20. The minimum atomic E-state index is 0.494. The molecule has 0 N–H and O–H groups in total. The molecule has 0 radical (unpaired) electrons. The van der Waals surface area contributed by atoms with E-state index in [1.165, 1.54) is 57.8 Å². The van der Waals surface area contributed by atoms with Crippen LogP contribution in [-0.4, -0.2) is 12.7 Å². The number of hydrogen-bond donors (Lipinski definition) is 0. The molecule has 3 aliphatic carbocycles. The average molecular weight is 290 g/mol. The Morgan fingerprint density at radius 3 is 2.62 bits per heavy atom. The molecule has 4 rings (SSSR count). The molecule has 0 aromatic carbocycles. The van der Waals surface area contributed by atoms with Gasteiger partial charge >= 0.3 is 0 Å². The summed E-state index contributed by atoms with van der Waals surface area (Å²) >= 11 is 0. The molecule has 0 aromatic rings. The zero-order valence-electron chi connectivity index (χ0n) is 14.4. The summed E-state index contributed by atoms with van der Waals surface area (Å²) in [6.07, 6.45) is 13.8. The van der Waals surface area contributed by atoms with Gasteiger partial charge in [-0.15, -0.1) is 0 Å². The van der Waals surface area contributed by atoms with E-state index in [0.29, 0.717) is 16.9 Å². The number of hydrogen-bond acceptors (Lipinski definition) is 1. The van der Waals surface area contributed by atoms with Gasteiger partial charge in [-0.3, -0.25) is 0 Å². The lowest BCUT2D eigenvalue weighted by Gasteiger charge is -2.59. The van der Waals surface area contributed by atoms with Gasteiger partial charge in [-0.25, -0.2) is 0 Å². The fraction of sp³-hybridized carbons (Fsp3) is 1.00. The molecule has 1 heteroatoms. The van der Waals surface area contributed by atoms with Gasteiger partial charge in [0.05, 0.1) is 12.7 Å². The maximum absolute atomic E-state index is 6.46. The van der Waals surface area contributed by atoms with Gasteiger partial charge in [0.25, 0.3) is 0 Å². The van der Waals surface area contributed by atoms with E-state index in [4.69, 9.17) is 4.74 Å². The van der Waals surface area contributed by atoms with Crippen molar-refractivity contribution in [3.63, 3.8) is 0 Å². The van der Waals surface area contributed by atoms with E-state index in [0.717, 1.165) is 30.3 Å². The molecule has 1 heterocycles. The Bertz CT molecular complexity index is 405. The number of fused-ring (bicyclic) bond motifs is 5. The topological polar surface area (TPSA) is 9.23 Å². The molecule has 120 valence electrons. The molecule has 0 bridgehead atoms. The summed E-state index contributed by atoms with van der Waals surface area (Å²) < 4.78 is 6.46. The van der Waals surface area contributed by atoms with E-state index in [1.54, 1.807) is 0 Å². The van der Waals surface area contributed by atoms with E-state index >= 15 is 0 Å². The summed E-state index contributed by atoms with van der Waals surface area (Å²) in [5.74, 6) is 3.69. The molecular weight excluding hydrogens is 256 g/mol. The monoisotopic (exact) mass is 290 g/mol. The van der Waals surface area contributed by atoms with Gasteiger partial charge in [-0.1, -0.05) is 40.0 Å². The van der Waals surface area contributed by atoms with Gasteiger partial charge in [0.15, 0.2) is 0 Å². The summed E-state index contributed by atoms with van der Waals surface area (Å²) in [6.45, 7) is 8.63. The Hall–Kier alpha value is -0.0400. The normalized spacial score (nSPS) is 56.4. The fourth-order valence-corrected chi connectivity index (χ4v) is 7.23. The van der Waals surface area contributed by atoms with E-state index < -0.39 is 0 Å². The molecule has 7 atom stereocenters. The molecule has 1 nitrogen and oxygen atoms in total. The second-order valence-electron chi connectivity index (χ2n) is 9.20. The van der Waals surface area contributed by atoms with Crippen molar-refractivity contribution in [2.24, 2.45) is 34.5 Å². The first-order valence-corrected chi connectivity index (χ1v) is 9.71. The van der Waals surface area contributed by atoms with Gasteiger partial charge in [-0.2, -0.15) is 0 Å². The molecule has 4 aliphatic rings. The van der Waals surface area contributed by atoms with Crippen molar-refractivity contribution in [1.29, 1.82) is 0 Å². The van der Waals surface area contributed by atoms with Crippen molar-refractivity contribution in [3.8, 4) is 0 Å². The van der Waals surface area contributed by atoms with Crippen molar-refractivity contribution in [2.45, 2.75) is 84.7 Å². The standard InChI is InChI=1S/C20H34O/c1-4-14-13-21-18-16-9-8-15-7-5-6-11-19(15,2)17(16)10-12-20(14,18)3/h14-18H,4-13H2,1-3H3/t14-,15?,16+,17-,18-,19-,20+/m0/s1. The summed E-state index contributed by atoms with van der Waals surface area (Å²) in [7, 11) is 0. The highest BCUT2D eigenvalue weighted by atomic mass is 16.5. The van der Waals surface area contributed by atoms with Crippen LogP contribution in [0.4, 0.5) is 0 Å². The SMILES string of the molecule is CC[C@H]1CO[C@H]2[C@@H]3CCC4CCCC[C@]4(C)[C@H]3CC[C@]12C. The van der Waals surface area contributed by atoms with E-state index in [2.05, 4.69) is 20.8 Å². The maximum atomic E-state index is 6.46. The molecular formula is C20H34O. The number of rotatable bonds is 1. The Morgan fingerprint density at radius 1 is 0.952 bits per heavy atom. The Labute approximate surface area is 131 Å². The van der Waals surface area contributed by atoms with E-state index in [1.807, 2.05) is 0 Å². The van der Waals surface area contributed by atoms with Gasteiger partial charge in [0.1, 0.15) is 0 Å². The zero-order chi connectivity index (χ0) is 14.7. The highest BCUT2D eigenvalue weighted by Gasteiger charge is 2.60. The van der Waals surface area contributed by atoms with Crippen LogP contribution in [0, 0.1) is 34.5 Å². The molecule has 4 fully saturated rings. The van der Waals surface area contributed by atoms with E-state index in [9.17, 15) is 0 Å². The summed E-state index contributed by atoms with van der Waals surface area (Å²) in [4.78, 5) is 0. The summed E-state index contributed by atoms with van der Waals surface area (Å²) in [5.41, 5.74) is 1.14. The molecule has 0 aromatic heterocycles. The van der Waals surface area contributed by atoms with Crippen molar-refractivity contribution in [1.82, 2.24) is 0 Å². The largest absolute Gasteiger partial charge is 0.377 e. The van der Waals surface area contributed by atoms with Gasteiger partial charge in [0, 0.05) is 0 Å². The Morgan fingerprint density at radius 2 is 1.81 bits per heavy atom. The smallest absolute Gasteiger partial charge is 0.0663 e. The highest BCUT2D eigenvalue weighted by molar-refractivity contribution is 5.08. The van der Waals surface area contributed by atoms with Crippen LogP contribution >= 0.6 is 0 Å². The fourth-order valence-electron chi connectivity index (χ4n) is 7.23. The van der Waals surface area contributed by atoms with Gasteiger partial charge in [0.2, 0.25) is 0 Å². The first-order valence-electron chi connectivity index (χ1n) is 9.71. The average Bonchev–Trinajstić information content (AvgIpc) is 2.83. The van der Waals surface area contributed by atoms with Crippen LogP contribution in [0.3, 0.4) is 0 Å². The van der Waals surface area contributed by atoms with Crippen molar-refractivity contribution < 1.29 is 4.74 Å². The van der Waals surface area contributed by atoms with Crippen LogP contribution in [0.15, 0.2) is 0 Å². The zero-order valence-corrected chi connectivity index (χ0v) is 14.4. The Kier molecular flexibility index (Phi) is 3.45. The molecule has 0 amide bonds. The second kappa shape index (κ2) is 4.98. The predicted molar refractivity (Wildman–Crippen MR) is 87.1 cm³/mol. The molecule has 1 saturated heterocycles. The molecule has 1 aliphatic heterocycles. The lowest BCUT2D eigenvalue weighted by molar-refractivity contribution is -0.135. The van der Waals surface area contributed by atoms with Crippen LogP contribution in [0.25, 0.3) is 0 Å².